The fourth-order valence-corrected chi connectivity index (χ4v) is 2.32. The van der Waals surface area contributed by atoms with Crippen LogP contribution in [0, 0.1) is 5.92 Å². The van der Waals surface area contributed by atoms with Gasteiger partial charge in [0.2, 0.25) is 5.91 Å². The van der Waals surface area contributed by atoms with E-state index in [2.05, 4.69) is 47.2 Å². The third-order valence-corrected chi connectivity index (χ3v) is 3.69. The van der Waals surface area contributed by atoms with Crippen molar-refractivity contribution < 1.29 is 4.79 Å². The standard InChI is InChI=1S/C16H26BrN3O/c1-12(2)9-18-10-13-6-7-14(17)8-15(13)20(5)11-16(21)19(3)4/h6-8,12,18H,9-11H2,1-5H3. The van der Waals surface area contributed by atoms with E-state index in [0.29, 0.717) is 12.5 Å². The third-order valence-electron chi connectivity index (χ3n) is 3.20. The molecule has 0 fully saturated rings. The maximum absolute atomic E-state index is 11.9. The van der Waals surface area contributed by atoms with Gasteiger partial charge in [-0.15, -0.1) is 0 Å². The summed E-state index contributed by atoms with van der Waals surface area (Å²) in [5, 5.41) is 3.45. The van der Waals surface area contributed by atoms with Gasteiger partial charge in [-0.2, -0.15) is 0 Å². The van der Waals surface area contributed by atoms with E-state index >= 15 is 0 Å². The molecule has 0 radical (unpaired) electrons. The van der Waals surface area contributed by atoms with E-state index in [1.54, 1.807) is 19.0 Å². The molecule has 0 unspecified atom stereocenters. The van der Waals surface area contributed by atoms with Crippen LogP contribution in [0.25, 0.3) is 0 Å². The molecule has 0 heterocycles. The molecule has 5 heteroatoms. The Morgan fingerprint density at radius 3 is 2.52 bits per heavy atom. The van der Waals surface area contributed by atoms with Crippen LogP contribution in [0.4, 0.5) is 5.69 Å². The number of carbonyl (C=O) groups is 1. The monoisotopic (exact) mass is 355 g/mol. The van der Waals surface area contributed by atoms with Crippen LogP contribution in [0.3, 0.4) is 0 Å². The molecule has 1 amide bonds. The van der Waals surface area contributed by atoms with Crippen LogP contribution in [-0.4, -0.2) is 45.0 Å². The van der Waals surface area contributed by atoms with Gasteiger partial charge >= 0.3 is 0 Å². The van der Waals surface area contributed by atoms with Crippen molar-refractivity contribution in [2.24, 2.45) is 5.92 Å². The Morgan fingerprint density at radius 2 is 1.95 bits per heavy atom. The van der Waals surface area contributed by atoms with Crippen LogP contribution in [0.15, 0.2) is 22.7 Å². The van der Waals surface area contributed by atoms with Gasteiger partial charge in [0.1, 0.15) is 0 Å². The van der Waals surface area contributed by atoms with Gasteiger partial charge in [-0.3, -0.25) is 4.79 Å². The second kappa shape index (κ2) is 8.39. The van der Waals surface area contributed by atoms with Crippen LogP contribution in [0.2, 0.25) is 0 Å². The molecule has 1 aromatic carbocycles. The third kappa shape index (κ3) is 6.06. The Kier molecular flexibility index (Phi) is 7.18. The summed E-state index contributed by atoms with van der Waals surface area (Å²) < 4.78 is 1.02. The number of hydrogen-bond donors (Lipinski definition) is 1. The number of carbonyl (C=O) groups excluding carboxylic acids is 1. The minimum Gasteiger partial charge on any atom is -0.365 e. The molecule has 0 aliphatic carbocycles. The van der Waals surface area contributed by atoms with Crippen LogP contribution in [-0.2, 0) is 11.3 Å². The van der Waals surface area contributed by atoms with Gasteiger partial charge in [-0.1, -0.05) is 35.8 Å². The first-order valence-corrected chi connectivity index (χ1v) is 8.01. The summed E-state index contributed by atoms with van der Waals surface area (Å²) in [7, 11) is 5.51. The van der Waals surface area contributed by atoms with Gasteiger partial charge < -0.3 is 15.1 Å². The lowest BCUT2D eigenvalue weighted by Crippen LogP contribution is -2.35. The molecule has 1 aromatic rings. The molecule has 0 atom stereocenters. The Labute approximate surface area is 136 Å². The molecule has 0 bridgehead atoms. The summed E-state index contributed by atoms with van der Waals surface area (Å²) in [5.41, 5.74) is 2.28. The zero-order chi connectivity index (χ0) is 16.0. The number of benzene rings is 1. The van der Waals surface area contributed by atoms with Gasteiger partial charge in [0.15, 0.2) is 0 Å². The maximum Gasteiger partial charge on any atom is 0.241 e. The van der Waals surface area contributed by atoms with E-state index in [-0.39, 0.29) is 5.91 Å². The van der Waals surface area contributed by atoms with Gasteiger partial charge in [0.05, 0.1) is 6.54 Å². The molecular formula is C16H26BrN3O. The molecule has 0 aromatic heterocycles. The zero-order valence-corrected chi connectivity index (χ0v) is 15.2. The van der Waals surface area contributed by atoms with Crippen LogP contribution in [0.1, 0.15) is 19.4 Å². The second-order valence-electron chi connectivity index (χ2n) is 5.94. The lowest BCUT2D eigenvalue weighted by molar-refractivity contribution is -0.127. The Bertz CT molecular complexity index is 475. The first kappa shape index (κ1) is 18.0. The number of halogens is 1. The molecule has 21 heavy (non-hydrogen) atoms. The highest BCUT2D eigenvalue weighted by Crippen LogP contribution is 2.24. The minimum absolute atomic E-state index is 0.0959. The Morgan fingerprint density at radius 1 is 1.29 bits per heavy atom. The molecule has 118 valence electrons. The maximum atomic E-state index is 11.9. The summed E-state index contributed by atoms with van der Waals surface area (Å²) in [6.45, 7) is 6.55. The number of nitrogens with one attached hydrogen (secondary N) is 1. The molecule has 0 spiro atoms. The van der Waals surface area contributed by atoms with E-state index in [0.717, 1.165) is 23.2 Å². The van der Waals surface area contributed by atoms with Gasteiger partial charge in [0, 0.05) is 37.8 Å². The summed E-state index contributed by atoms with van der Waals surface area (Å²) in [4.78, 5) is 15.5. The van der Waals surface area contributed by atoms with Crippen molar-refractivity contribution in [3.63, 3.8) is 0 Å². The van der Waals surface area contributed by atoms with Crippen molar-refractivity contribution in [1.29, 1.82) is 0 Å². The summed E-state index contributed by atoms with van der Waals surface area (Å²) in [5.74, 6) is 0.718. The normalized spacial score (nSPS) is 10.8. The molecule has 0 aliphatic rings. The zero-order valence-electron chi connectivity index (χ0n) is 13.6. The first-order chi connectivity index (χ1) is 9.81. The minimum atomic E-state index is 0.0959. The predicted octanol–water partition coefficient (Wildman–Crippen LogP) is 2.72. The smallest absolute Gasteiger partial charge is 0.241 e. The van der Waals surface area contributed by atoms with Gasteiger partial charge in [0.25, 0.3) is 0 Å². The second-order valence-corrected chi connectivity index (χ2v) is 6.86. The van der Waals surface area contributed by atoms with Crippen molar-refractivity contribution in [3.8, 4) is 0 Å². The van der Waals surface area contributed by atoms with Crippen molar-refractivity contribution in [1.82, 2.24) is 10.2 Å². The molecular weight excluding hydrogens is 330 g/mol. The lowest BCUT2D eigenvalue weighted by Gasteiger charge is -2.24. The first-order valence-electron chi connectivity index (χ1n) is 7.21. The Balaban J connectivity index is 2.83. The fraction of sp³-hybridized carbons (Fsp3) is 0.562. The van der Waals surface area contributed by atoms with E-state index in [1.807, 2.05) is 18.0 Å². The molecule has 0 saturated heterocycles. The predicted molar refractivity (Wildman–Crippen MR) is 92.7 cm³/mol. The van der Waals surface area contributed by atoms with E-state index < -0.39 is 0 Å². The summed E-state index contributed by atoms with van der Waals surface area (Å²) >= 11 is 3.51. The van der Waals surface area contributed by atoms with E-state index in [9.17, 15) is 4.79 Å². The summed E-state index contributed by atoms with van der Waals surface area (Å²) in [6.07, 6.45) is 0. The van der Waals surface area contributed by atoms with Crippen LogP contribution < -0.4 is 10.2 Å². The highest BCUT2D eigenvalue weighted by atomic mass is 79.9. The highest BCUT2D eigenvalue weighted by Gasteiger charge is 2.13. The molecule has 4 nitrogen and oxygen atoms in total. The van der Waals surface area contributed by atoms with E-state index in [1.165, 1.54) is 5.56 Å². The molecule has 0 aliphatic heterocycles. The molecule has 0 saturated carbocycles. The number of hydrogen-bond acceptors (Lipinski definition) is 3. The number of anilines is 1. The SMILES string of the molecule is CC(C)CNCc1ccc(Br)cc1N(C)CC(=O)N(C)C. The van der Waals surface area contributed by atoms with Gasteiger partial charge in [-0.05, 0) is 30.2 Å². The molecule has 1 N–H and O–H groups in total. The highest BCUT2D eigenvalue weighted by molar-refractivity contribution is 9.10. The van der Waals surface area contributed by atoms with Crippen LogP contribution in [0.5, 0.6) is 0 Å². The Hall–Kier alpha value is -1.07. The number of rotatable bonds is 7. The van der Waals surface area contributed by atoms with Crippen molar-refractivity contribution >= 4 is 27.5 Å². The molecule has 1 rings (SSSR count). The van der Waals surface area contributed by atoms with E-state index in [4.69, 9.17) is 0 Å². The van der Waals surface area contributed by atoms with Gasteiger partial charge in [-0.25, -0.2) is 0 Å². The number of likely N-dealkylation sites (N-methyl/N-ethyl adjacent to an activating group) is 2. The summed E-state index contributed by atoms with van der Waals surface area (Å²) in [6, 6.07) is 6.20. The van der Waals surface area contributed by atoms with Crippen LogP contribution >= 0.6 is 15.9 Å². The average molecular weight is 356 g/mol. The largest absolute Gasteiger partial charge is 0.365 e. The average Bonchev–Trinajstić information content (AvgIpc) is 2.39. The topological polar surface area (TPSA) is 35.6 Å². The van der Waals surface area contributed by atoms with Crippen molar-refractivity contribution in [2.75, 3.05) is 39.1 Å². The fourth-order valence-electron chi connectivity index (χ4n) is 1.97. The van der Waals surface area contributed by atoms with Crippen molar-refractivity contribution in [3.05, 3.63) is 28.2 Å². The number of amides is 1. The van der Waals surface area contributed by atoms with Crippen molar-refractivity contribution in [2.45, 2.75) is 20.4 Å². The lowest BCUT2D eigenvalue weighted by atomic mass is 10.1. The number of nitrogens with zero attached hydrogens (tertiary/aromatic N) is 2. The quantitative estimate of drug-likeness (QED) is 0.816.